The summed E-state index contributed by atoms with van der Waals surface area (Å²) < 4.78 is 5.36. The molecule has 1 saturated heterocycles. The van der Waals surface area contributed by atoms with E-state index in [1.54, 1.807) is 0 Å². The van der Waals surface area contributed by atoms with Gasteiger partial charge in [-0.3, -0.25) is 4.79 Å². The number of thiophene rings is 1. The van der Waals surface area contributed by atoms with Crippen LogP contribution in [0.15, 0.2) is 17.5 Å². The first kappa shape index (κ1) is 8.87. The molecular weight excluding hydrogens is 186 g/mol. The minimum Gasteiger partial charge on any atom is -0.367 e. The first-order chi connectivity index (χ1) is 6.38. The minimum absolute atomic E-state index is 0.0993. The molecular formula is C9H11NO2S. The van der Waals surface area contributed by atoms with Gasteiger partial charge in [-0.25, -0.2) is 0 Å². The molecule has 2 rings (SSSR count). The Kier molecular flexibility index (Phi) is 2.73. The highest BCUT2D eigenvalue weighted by molar-refractivity contribution is 7.12. The van der Waals surface area contributed by atoms with E-state index in [1.807, 2.05) is 17.5 Å². The lowest BCUT2D eigenvalue weighted by molar-refractivity contribution is 0.0272. The summed E-state index contributed by atoms with van der Waals surface area (Å²) in [5, 5.41) is 5.04. The third kappa shape index (κ3) is 1.96. The monoisotopic (exact) mass is 197 g/mol. The number of hydrogen-bond acceptors (Lipinski definition) is 4. The summed E-state index contributed by atoms with van der Waals surface area (Å²) in [6.07, 6.45) is -0.285. The van der Waals surface area contributed by atoms with Gasteiger partial charge in [-0.2, -0.15) is 0 Å². The Hall–Kier alpha value is -0.710. The van der Waals surface area contributed by atoms with E-state index >= 15 is 0 Å². The van der Waals surface area contributed by atoms with Crippen LogP contribution in [0.1, 0.15) is 9.67 Å². The SMILES string of the molecule is O=C(c1cccs1)C1CNCCO1. The standard InChI is InChI=1S/C9H11NO2S/c11-9(8-2-1-5-13-8)7-6-10-3-4-12-7/h1-2,5,7,10H,3-4,6H2. The van der Waals surface area contributed by atoms with Crippen LogP contribution in [0.4, 0.5) is 0 Å². The van der Waals surface area contributed by atoms with E-state index in [-0.39, 0.29) is 11.9 Å². The van der Waals surface area contributed by atoms with Gasteiger partial charge in [-0.15, -0.1) is 11.3 Å². The summed E-state index contributed by atoms with van der Waals surface area (Å²) in [5.41, 5.74) is 0. The molecule has 1 aliphatic rings. The van der Waals surface area contributed by atoms with E-state index in [2.05, 4.69) is 5.32 Å². The van der Waals surface area contributed by atoms with Crippen molar-refractivity contribution in [2.24, 2.45) is 0 Å². The molecule has 70 valence electrons. The molecule has 0 aliphatic carbocycles. The van der Waals surface area contributed by atoms with Crippen molar-refractivity contribution >= 4 is 17.1 Å². The average molecular weight is 197 g/mol. The summed E-state index contributed by atoms with van der Waals surface area (Å²) in [6.45, 7) is 2.10. The van der Waals surface area contributed by atoms with Crippen LogP contribution < -0.4 is 5.32 Å². The Labute approximate surface area is 80.7 Å². The Bertz CT molecular complexity index is 278. The quantitative estimate of drug-likeness (QED) is 0.716. The van der Waals surface area contributed by atoms with Gasteiger partial charge in [0.25, 0.3) is 0 Å². The molecule has 0 saturated carbocycles. The highest BCUT2D eigenvalue weighted by Gasteiger charge is 2.23. The lowest BCUT2D eigenvalue weighted by Crippen LogP contribution is -2.42. The molecule has 13 heavy (non-hydrogen) atoms. The van der Waals surface area contributed by atoms with Crippen LogP contribution in [-0.4, -0.2) is 31.6 Å². The van der Waals surface area contributed by atoms with E-state index in [4.69, 9.17) is 4.74 Å². The van der Waals surface area contributed by atoms with Gasteiger partial charge < -0.3 is 10.1 Å². The Morgan fingerprint density at radius 2 is 2.62 bits per heavy atom. The Morgan fingerprint density at radius 3 is 3.23 bits per heavy atom. The molecule has 0 spiro atoms. The lowest BCUT2D eigenvalue weighted by atomic mass is 10.2. The van der Waals surface area contributed by atoms with Gasteiger partial charge in [-0.1, -0.05) is 6.07 Å². The van der Waals surface area contributed by atoms with E-state index < -0.39 is 0 Å². The molecule has 1 fully saturated rings. The van der Waals surface area contributed by atoms with E-state index in [0.29, 0.717) is 13.2 Å². The maximum Gasteiger partial charge on any atom is 0.202 e. The van der Waals surface area contributed by atoms with Crippen molar-refractivity contribution in [1.82, 2.24) is 5.32 Å². The number of ether oxygens (including phenoxy) is 1. The predicted octanol–water partition coefficient (Wildman–Crippen LogP) is 0.919. The van der Waals surface area contributed by atoms with Crippen LogP contribution in [0.25, 0.3) is 0 Å². The smallest absolute Gasteiger partial charge is 0.202 e. The molecule has 0 radical (unpaired) electrons. The topological polar surface area (TPSA) is 38.3 Å². The van der Waals surface area contributed by atoms with Crippen LogP contribution in [0.3, 0.4) is 0 Å². The first-order valence-corrected chi connectivity index (χ1v) is 5.16. The van der Waals surface area contributed by atoms with Crippen molar-refractivity contribution < 1.29 is 9.53 Å². The van der Waals surface area contributed by atoms with Gasteiger partial charge in [0.05, 0.1) is 11.5 Å². The fourth-order valence-corrected chi connectivity index (χ4v) is 2.02. The molecule has 1 aromatic heterocycles. The highest BCUT2D eigenvalue weighted by Crippen LogP contribution is 2.13. The fourth-order valence-electron chi connectivity index (χ4n) is 1.31. The number of rotatable bonds is 2. The molecule has 2 heterocycles. The van der Waals surface area contributed by atoms with Crippen LogP contribution >= 0.6 is 11.3 Å². The zero-order chi connectivity index (χ0) is 9.10. The Morgan fingerprint density at radius 1 is 1.69 bits per heavy atom. The second-order valence-electron chi connectivity index (χ2n) is 2.91. The van der Waals surface area contributed by atoms with Crippen molar-refractivity contribution in [2.75, 3.05) is 19.7 Å². The number of hydrogen-bond donors (Lipinski definition) is 1. The van der Waals surface area contributed by atoms with Gasteiger partial charge in [0.2, 0.25) is 5.78 Å². The van der Waals surface area contributed by atoms with Crippen molar-refractivity contribution in [3.05, 3.63) is 22.4 Å². The van der Waals surface area contributed by atoms with E-state index in [9.17, 15) is 4.79 Å². The van der Waals surface area contributed by atoms with E-state index in [1.165, 1.54) is 11.3 Å². The summed E-state index contributed by atoms with van der Waals surface area (Å²) in [5.74, 6) is 0.0993. The van der Waals surface area contributed by atoms with Gasteiger partial charge in [0.1, 0.15) is 6.10 Å². The van der Waals surface area contributed by atoms with Gasteiger partial charge in [-0.05, 0) is 11.4 Å². The molecule has 4 heteroatoms. The van der Waals surface area contributed by atoms with Gasteiger partial charge in [0.15, 0.2) is 0 Å². The van der Waals surface area contributed by atoms with Crippen LogP contribution in [0, 0.1) is 0 Å². The summed E-state index contributed by atoms with van der Waals surface area (Å²) in [4.78, 5) is 12.5. The third-order valence-electron chi connectivity index (χ3n) is 1.98. The van der Waals surface area contributed by atoms with Crippen LogP contribution in [-0.2, 0) is 4.74 Å². The van der Waals surface area contributed by atoms with Crippen molar-refractivity contribution in [1.29, 1.82) is 0 Å². The number of Topliss-reactive ketones (excluding diaryl/α,β-unsaturated/α-hetero) is 1. The van der Waals surface area contributed by atoms with Gasteiger partial charge >= 0.3 is 0 Å². The van der Waals surface area contributed by atoms with E-state index in [0.717, 1.165) is 11.4 Å². The molecule has 1 atom stereocenters. The maximum atomic E-state index is 11.7. The summed E-state index contributed by atoms with van der Waals surface area (Å²) >= 11 is 1.47. The molecule has 1 unspecified atom stereocenters. The van der Waals surface area contributed by atoms with Crippen molar-refractivity contribution in [3.63, 3.8) is 0 Å². The zero-order valence-electron chi connectivity index (χ0n) is 7.16. The Balaban J connectivity index is 2.04. The molecule has 0 bridgehead atoms. The summed E-state index contributed by atoms with van der Waals surface area (Å²) in [6, 6.07) is 3.72. The van der Waals surface area contributed by atoms with Crippen LogP contribution in [0.5, 0.6) is 0 Å². The second kappa shape index (κ2) is 4.00. The largest absolute Gasteiger partial charge is 0.367 e. The summed E-state index contributed by atoms with van der Waals surface area (Å²) in [7, 11) is 0. The molecule has 0 aromatic carbocycles. The fraction of sp³-hybridized carbons (Fsp3) is 0.444. The first-order valence-electron chi connectivity index (χ1n) is 4.28. The molecule has 1 aromatic rings. The molecule has 0 amide bonds. The molecule has 1 N–H and O–H groups in total. The van der Waals surface area contributed by atoms with Crippen LogP contribution in [0.2, 0.25) is 0 Å². The number of carbonyl (C=O) groups excluding carboxylic acids is 1. The highest BCUT2D eigenvalue weighted by atomic mass is 32.1. The number of ketones is 1. The van der Waals surface area contributed by atoms with Crippen molar-refractivity contribution in [2.45, 2.75) is 6.10 Å². The minimum atomic E-state index is -0.285. The molecule has 1 aliphatic heterocycles. The second-order valence-corrected chi connectivity index (χ2v) is 3.85. The van der Waals surface area contributed by atoms with Gasteiger partial charge in [0, 0.05) is 13.1 Å². The zero-order valence-corrected chi connectivity index (χ0v) is 7.97. The normalized spacial score (nSPS) is 22.9. The lowest BCUT2D eigenvalue weighted by Gasteiger charge is -2.21. The van der Waals surface area contributed by atoms with Crippen molar-refractivity contribution in [3.8, 4) is 0 Å². The number of carbonyl (C=O) groups is 1. The number of morpholine rings is 1. The maximum absolute atomic E-state index is 11.7. The third-order valence-corrected chi connectivity index (χ3v) is 2.87. The predicted molar refractivity (Wildman–Crippen MR) is 51.3 cm³/mol. The number of nitrogens with one attached hydrogen (secondary N) is 1. The average Bonchev–Trinajstić information content (AvgIpc) is 2.71. The molecule has 3 nitrogen and oxygen atoms in total.